The smallest absolute Gasteiger partial charge is 0.214 e. The van der Waals surface area contributed by atoms with Crippen molar-refractivity contribution in [2.75, 3.05) is 0 Å². The molecule has 0 saturated carbocycles. The average Bonchev–Trinajstić information content (AvgIpc) is 3.80. The minimum Gasteiger partial charge on any atom is -0.309 e. The van der Waals surface area contributed by atoms with Gasteiger partial charge in [0.2, 0.25) is 5.78 Å². The quantitative estimate of drug-likeness (QED) is 0.125. The minimum absolute atomic E-state index is 0.137. The third kappa shape index (κ3) is 5.44. The Bertz CT molecular complexity index is 2140. The lowest BCUT2D eigenvalue weighted by molar-refractivity contribution is 0.104. The molecule has 0 spiro atoms. The molecule has 1 aliphatic heterocycles. The summed E-state index contributed by atoms with van der Waals surface area (Å²) in [6.07, 6.45) is 0. The number of hydrogen-bond donors (Lipinski definition) is 0. The van der Waals surface area contributed by atoms with E-state index in [0.717, 1.165) is 33.7 Å². The Labute approximate surface area is 286 Å². The van der Waals surface area contributed by atoms with Gasteiger partial charge >= 0.3 is 0 Å². The standard InChI is InChI=1S/C41H27N2O2PS2/c44-39-40-33(26-35(47-40)42-37(28-16-6-1-7-17-28)29-18-8-2-9-19-29)46(45,32-24-14-5-15-25-32)34-27-36(48-41(34)39)43-38(30-20-10-3-11-21-30)31-22-12-4-13-23-31/h1-27H. The third-order valence-electron chi connectivity index (χ3n) is 8.24. The molecule has 3 heterocycles. The molecule has 4 nitrogen and oxygen atoms in total. The van der Waals surface area contributed by atoms with Gasteiger partial charge in [-0.3, -0.25) is 4.79 Å². The lowest BCUT2D eigenvalue weighted by atomic mass is 10.0. The fourth-order valence-electron chi connectivity index (χ4n) is 5.99. The van der Waals surface area contributed by atoms with Crippen LogP contribution in [0, 0.1) is 0 Å². The topological polar surface area (TPSA) is 58.9 Å². The predicted octanol–water partition coefficient (Wildman–Crippen LogP) is 9.33. The summed E-state index contributed by atoms with van der Waals surface area (Å²) in [4.78, 5) is 25.5. The van der Waals surface area contributed by atoms with E-state index in [0.29, 0.717) is 35.7 Å². The summed E-state index contributed by atoms with van der Waals surface area (Å²) >= 11 is 2.60. The van der Waals surface area contributed by atoms with Crippen molar-refractivity contribution in [3.05, 3.63) is 196 Å². The van der Waals surface area contributed by atoms with Crippen LogP contribution in [0.15, 0.2) is 174 Å². The first-order chi connectivity index (χ1) is 23.6. The zero-order valence-electron chi connectivity index (χ0n) is 25.6. The van der Waals surface area contributed by atoms with Crippen molar-refractivity contribution >= 4 is 72.9 Å². The van der Waals surface area contributed by atoms with E-state index < -0.39 is 7.14 Å². The van der Waals surface area contributed by atoms with Gasteiger partial charge < -0.3 is 4.57 Å². The molecule has 0 fully saturated rings. The molecule has 7 heteroatoms. The molecule has 0 bridgehead atoms. The molecular formula is C41H27N2O2PS2. The maximum Gasteiger partial charge on any atom is 0.214 e. The number of fused-ring (bicyclic) bond motifs is 2. The number of aliphatic imine (C=N–C) groups is 2. The van der Waals surface area contributed by atoms with Crippen LogP contribution in [-0.2, 0) is 4.57 Å². The van der Waals surface area contributed by atoms with Gasteiger partial charge in [-0.1, -0.05) is 152 Å². The molecule has 0 amide bonds. The van der Waals surface area contributed by atoms with E-state index in [2.05, 4.69) is 0 Å². The number of thiophene rings is 2. The first-order valence-corrected chi connectivity index (χ1v) is 18.8. The third-order valence-corrected chi connectivity index (χ3v) is 13.7. The normalized spacial score (nSPS) is 12.9. The second-order valence-electron chi connectivity index (χ2n) is 11.3. The Kier molecular flexibility index (Phi) is 7.99. The highest BCUT2D eigenvalue weighted by Gasteiger charge is 2.44. The van der Waals surface area contributed by atoms with Crippen LogP contribution >= 0.6 is 29.8 Å². The second-order valence-corrected chi connectivity index (χ2v) is 16.0. The van der Waals surface area contributed by atoms with Crippen LogP contribution in [0.5, 0.6) is 0 Å². The highest BCUT2D eigenvalue weighted by atomic mass is 32.1. The summed E-state index contributed by atoms with van der Waals surface area (Å²) in [5, 5.41) is 3.02. The van der Waals surface area contributed by atoms with E-state index in [4.69, 9.17) is 9.98 Å². The van der Waals surface area contributed by atoms with Gasteiger partial charge in [-0.05, 0) is 12.1 Å². The first kappa shape index (κ1) is 30.1. The van der Waals surface area contributed by atoms with Gasteiger partial charge in [0.15, 0.2) is 7.14 Å². The molecule has 5 aromatic carbocycles. The zero-order chi connectivity index (χ0) is 32.5. The number of benzene rings is 5. The molecule has 8 rings (SSSR count). The molecule has 0 saturated heterocycles. The number of nitrogens with zero attached hydrogens (tertiary/aromatic N) is 2. The lowest BCUT2D eigenvalue weighted by Crippen LogP contribution is -2.33. The number of ketones is 1. The molecule has 0 atom stereocenters. The van der Waals surface area contributed by atoms with E-state index >= 15 is 4.57 Å². The summed E-state index contributed by atoms with van der Waals surface area (Å²) in [6.45, 7) is 0. The van der Waals surface area contributed by atoms with Gasteiger partial charge in [-0.2, -0.15) is 0 Å². The second kappa shape index (κ2) is 12.7. The van der Waals surface area contributed by atoms with Crippen LogP contribution in [0.2, 0.25) is 0 Å². The highest BCUT2D eigenvalue weighted by Crippen LogP contribution is 2.53. The maximum atomic E-state index is 15.7. The fourth-order valence-corrected chi connectivity index (χ4v) is 11.8. The summed E-state index contributed by atoms with van der Waals surface area (Å²) in [5.74, 6) is -0.137. The molecule has 2 aromatic heterocycles. The molecule has 7 aromatic rings. The van der Waals surface area contributed by atoms with Gasteiger partial charge in [0.1, 0.15) is 10.0 Å². The van der Waals surface area contributed by atoms with E-state index in [-0.39, 0.29) is 5.78 Å². The number of carbonyl (C=O) groups is 1. The summed E-state index contributed by atoms with van der Waals surface area (Å²) in [5.41, 5.74) is 5.42. The number of rotatable bonds is 7. The Morgan fingerprint density at radius 1 is 0.458 bits per heavy atom. The van der Waals surface area contributed by atoms with Crippen molar-refractivity contribution in [3.8, 4) is 0 Å². The van der Waals surface area contributed by atoms with Crippen molar-refractivity contribution in [2.45, 2.75) is 0 Å². The number of hydrogen-bond acceptors (Lipinski definition) is 6. The molecule has 0 N–H and O–H groups in total. The van der Waals surface area contributed by atoms with E-state index in [9.17, 15) is 4.79 Å². The highest BCUT2D eigenvalue weighted by molar-refractivity contribution is 7.86. The summed E-state index contributed by atoms with van der Waals surface area (Å²) in [7, 11) is -3.45. The average molecular weight is 675 g/mol. The lowest BCUT2D eigenvalue weighted by Gasteiger charge is -2.23. The summed E-state index contributed by atoms with van der Waals surface area (Å²) in [6, 6.07) is 53.2. The molecule has 0 aliphatic carbocycles. The Morgan fingerprint density at radius 3 is 1.10 bits per heavy atom. The van der Waals surface area contributed by atoms with Gasteiger partial charge in [-0.25, -0.2) is 9.98 Å². The molecule has 0 unspecified atom stereocenters. The summed E-state index contributed by atoms with van der Waals surface area (Å²) < 4.78 is 15.7. The largest absolute Gasteiger partial charge is 0.309 e. The first-order valence-electron chi connectivity index (χ1n) is 15.5. The van der Waals surface area contributed by atoms with Crippen molar-refractivity contribution in [2.24, 2.45) is 9.98 Å². The van der Waals surface area contributed by atoms with Gasteiger partial charge in [0.05, 0.1) is 21.2 Å². The molecule has 48 heavy (non-hydrogen) atoms. The molecule has 1 aliphatic rings. The van der Waals surface area contributed by atoms with E-state index in [1.54, 1.807) is 0 Å². The van der Waals surface area contributed by atoms with E-state index in [1.165, 1.54) is 22.7 Å². The van der Waals surface area contributed by atoms with Gasteiger partial charge in [-0.15, -0.1) is 22.7 Å². The monoisotopic (exact) mass is 674 g/mol. The van der Waals surface area contributed by atoms with Crippen LogP contribution in [0.3, 0.4) is 0 Å². The van der Waals surface area contributed by atoms with Crippen LogP contribution < -0.4 is 15.9 Å². The Hall–Kier alpha value is -5.26. The van der Waals surface area contributed by atoms with Crippen LogP contribution in [-0.4, -0.2) is 17.2 Å². The van der Waals surface area contributed by atoms with Gasteiger partial charge in [0, 0.05) is 38.2 Å². The molecule has 230 valence electrons. The Morgan fingerprint density at radius 2 is 0.771 bits per heavy atom. The van der Waals surface area contributed by atoms with Crippen LogP contribution in [0.1, 0.15) is 36.8 Å². The predicted molar refractivity (Wildman–Crippen MR) is 201 cm³/mol. The number of carbonyl (C=O) groups excluding carboxylic acids is 1. The van der Waals surface area contributed by atoms with Gasteiger partial charge in [0.25, 0.3) is 0 Å². The Balaban J connectivity index is 1.30. The van der Waals surface area contributed by atoms with Crippen molar-refractivity contribution < 1.29 is 9.36 Å². The minimum atomic E-state index is -3.45. The molecule has 0 radical (unpaired) electrons. The molecular weight excluding hydrogens is 648 g/mol. The zero-order valence-corrected chi connectivity index (χ0v) is 28.1. The SMILES string of the molecule is O=C1c2sc(N=C(c3ccccc3)c3ccccc3)cc2P(=O)(c2ccccc2)c2cc(N=C(c3ccccc3)c3ccccc3)sc21. The maximum absolute atomic E-state index is 15.7. The van der Waals surface area contributed by atoms with Crippen LogP contribution in [0.4, 0.5) is 10.0 Å². The van der Waals surface area contributed by atoms with E-state index in [1.807, 2.05) is 164 Å². The van der Waals surface area contributed by atoms with Crippen molar-refractivity contribution in [3.63, 3.8) is 0 Å². The van der Waals surface area contributed by atoms with Crippen LogP contribution in [0.25, 0.3) is 0 Å². The van der Waals surface area contributed by atoms with Crippen molar-refractivity contribution in [1.82, 2.24) is 0 Å². The fraction of sp³-hybridized carbons (Fsp3) is 0. The van der Waals surface area contributed by atoms with Crippen molar-refractivity contribution in [1.29, 1.82) is 0 Å².